The summed E-state index contributed by atoms with van der Waals surface area (Å²) >= 11 is 0. The van der Waals surface area contributed by atoms with Crippen LogP contribution < -0.4 is 5.32 Å². The Morgan fingerprint density at radius 1 is 0.436 bits per heavy atom. The minimum atomic E-state index is -1.28. The third-order valence-electron chi connectivity index (χ3n) is 11.4. The maximum atomic E-state index is 12.5. The standard InChI is InChI=1S/C49H95NO5/c1-3-5-7-9-11-13-15-17-19-21-22-23-24-25-26-27-29-31-33-35-37-39-41-43-47(53)49(55)50-45(44-51)48(54)46(52)42-40-38-36-34-32-30-28-20-18-16-14-12-10-8-6-4-2/h25-26,34,36,45-48,51-54H,3-24,27-33,35,37-44H2,1-2H3,(H,50,55)/b26-25-,36-34+. The van der Waals surface area contributed by atoms with Gasteiger partial charge in [0.2, 0.25) is 5.91 Å². The van der Waals surface area contributed by atoms with Gasteiger partial charge in [-0.1, -0.05) is 212 Å². The van der Waals surface area contributed by atoms with Crippen molar-refractivity contribution in [3.8, 4) is 0 Å². The van der Waals surface area contributed by atoms with Crippen LogP contribution in [0.25, 0.3) is 0 Å². The van der Waals surface area contributed by atoms with E-state index in [-0.39, 0.29) is 0 Å². The maximum absolute atomic E-state index is 12.5. The molecular formula is C49H95NO5. The molecule has 0 bridgehead atoms. The van der Waals surface area contributed by atoms with Gasteiger partial charge in [-0.2, -0.15) is 0 Å². The van der Waals surface area contributed by atoms with Crippen molar-refractivity contribution in [1.29, 1.82) is 0 Å². The van der Waals surface area contributed by atoms with Crippen LogP contribution >= 0.6 is 0 Å². The zero-order chi connectivity index (χ0) is 40.3. The summed E-state index contributed by atoms with van der Waals surface area (Å²) in [5, 5.41) is 43.7. The summed E-state index contributed by atoms with van der Waals surface area (Å²) in [6, 6.07) is -1.00. The second-order valence-electron chi connectivity index (χ2n) is 16.8. The van der Waals surface area contributed by atoms with Gasteiger partial charge in [0.15, 0.2) is 0 Å². The van der Waals surface area contributed by atoms with E-state index >= 15 is 0 Å². The van der Waals surface area contributed by atoms with Crippen LogP contribution in [0.2, 0.25) is 0 Å². The van der Waals surface area contributed by atoms with Gasteiger partial charge in [0.25, 0.3) is 0 Å². The Morgan fingerprint density at radius 2 is 0.745 bits per heavy atom. The van der Waals surface area contributed by atoms with Gasteiger partial charge in [-0.05, 0) is 64.2 Å². The number of aliphatic hydroxyl groups is 4. The molecule has 1 amide bonds. The zero-order valence-electron chi connectivity index (χ0n) is 36.7. The molecule has 5 N–H and O–H groups in total. The lowest BCUT2D eigenvalue weighted by atomic mass is 10.00. The lowest BCUT2D eigenvalue weighted by molar-refractivity contribution is -0.132. The van der Waals surface area contributed by atoms with Crippen LogP contribution in [0.1, 0.15) is 251 Å². The van der Waals surface area contributed by atoms with Gasteiger partial charge in [0.1, 0.15) is 12.2 Å². The van der Waals surface area contributed by atoms with Gasteiger partial charge in [-0.15, -0.1) is 0 Å². The molecule has 326 valence electrons. The second-order valence-corrected chi connectivity index (χ2v) is 16.8. The van der Waals surface area contributed by atoms with Gasteiger partial charge in [-0.3, -0.25) is 4.79 Å². The van der Waals surface area contributed by atoms with Crippen molar-refractivity contribution in [3.63, 3.8) is 0 Å². The van der Waals surface area contributed by atoms with Crippen LogP contribution in [0.4, 0.5) is 0 Å². The Hall–Kier alpha value is -1.21. The molecule has 0 rings (SSSR count). The van der Waals surface area contributed by atoms with Crippen molar-refractivity contribution in [2.75, 3.05) is 6.61 Å². The number of nitrogens with one attached hydrogen (secondary N) is 1. The van der Waals surface area contributed by atoms with Crippen molar-refractivity contribution in [2.24, 2.45) is 0 Å². The van der Waals surface area contributed by atoms with Gasteiger partial charge in [0.05, 0.1) is 18.8 Å². The molecule has 0 aliphatic carbocycles. The molecule has 55 heavy (non-hydrogen) atoms. The van der Waals surface area contributed by atoms with Crippen LogP contribution in [0.15, 0.2) is 24.3 Å². The largest absolute Gasteiger partial charge is 0.394 e. The molecule has 6 nitrogen and oxygen atoms in total. The fraction of sp³-hybridized carbons (Fsp3) is 0.898. The highest BCUT2D eigenvalue weighted by molar-refractivity contribution is 5.80. The molecule has 0 aromatic carbocycles. The van der Waals surface area contributed by atoms with Crippen molar-refractivity contribution in [3.05, 3.63) is 24.3 Å². The zero-order valence-corrected chi connectivity index (χ0v) is 36.7. The molecule has 0 aliphatic rings. The highest BCUT2D eigenvalue weighted by Crippen LogP contribution is 2.16. The monoisotopic (exact) mass is 778 g/mol. The fourth-order valence-electron chi connectivity index (χ4n) is 7.52. The number of hydrogen-bond donors (Lipinski definition) is 5. The molecule has 0 spiro atoms. The summed E-state index contributed by atoms with van der Waals surface area (Å²) in [5.74, 6) is -0.595. The van der Waals surface area contributed by atoms with E-state index in [1.54, 1.807) is 0 Å². The molecule has 0 heterocycles. The Balaban J connectivity index is 3.72. The molecule has 0 saturated heterocycles. The molecule has 0 fully saturated rings. The average Bonchev–Trinajstić information content (AvgIpc) is 3.19. The van der Waals surface area contributed by atoms with Crippen LogP contribution in [0, 0.1) is 0 Å². The Bertz CT molecular complexity index is 832. The van der Waals surface area contributed by atoms with E-state index in [4.69, 9.17) is 0 Å². The van der Waals surface area contributed by atoms with Gasteiger partial charge < -0.3 is 25.7 Å². The first-order valence-corrected chi connectivity index (χ1v) is 24.2. The predicted octanol–water partition coefficient (Wildman–Crippen LogP) is 13.1. The van der Waals surface area contributed by atoms with Crippen molar-refractivity contribution in [1.82, 2.24) is 5.32 Å². The number of allylic oxidation sites excluding steroid dienone is 4. The number of unbranched alkanes of at least 4 members (excludes halogenated alkanes) is 31. The van der Waals surface area contributed by atoms with E-state index in [2.05, 4.69) is 43.5 Å². The van der Waals surface area contributed by atoms with E-state index in [0.29, 0.717) is 12.8 Å². The third kappa shape index (κ3) is 38.1. The number of carbonyl (C=O) groups is 1. The smallest absolute Gasteiger partial charge is 0.249 e. The van der Waals surface area contributed by atoms with Gasteiger partial charge in [0, 0.05) is 0 Å². The van der Waals surface area contributed by atoms with Crippen LogP contribution in [0.5, 0.6) is 0 Å². The van der Waals surface area contributed by atoms with E-state index in [1.807, 2.05) is 0 Å². The molecule has 0 radical (unpaired) electrons. The van der Waals surface area contributed by atoms with Gasteiger partial charge in [-0.25, -0.2) is 0 Å². The van der Waals surface area contributed by atoms with Crippen molar-refractivity contribution in [2.45, 2.75) is 276 Å². The lowest BCUT2D eigenvalue weighted by Gasteiger charge is -2.27. The highest BCUT2D eigenvalue weighted by Gasteiger charge is 2.28. The highest BCUT2D eigenvalue weighted by atomic mass is 16.3. The topological polar surface area (TPSA) is 110 Å². The van der Waals surface area contributed by atoms with E-state index in [0.717, 1.165) is 38.5 Å². The van der Waals surface area contributed by atoms with E-state index in [9.17, 15) is 25.2 Å². The third-order valence-corrected chi connectivity index (χ3v) is 11.4. The summed E-state index contributed by atoms with van der Waals surface area (Å²) in [4.78, 5) is 12.5. The number of aliphatic hydroxyl groups excluding tert-OH is 4. The molecule has 0 aliphatic heterocycles. The molecule has 4 atom stereocenters. The number of hydrogen-bond acceptors (Lipinski definition) is 5. The first-order valence-electron chi connectivity index (χ1n) is 24.2. The first kappa shape index (κ1) is 53.8. The molecule has 4 unspecified atom stereocenters. The van der Waals surface area contributed by atoms with Crippen molar-refractivity contribution < 1.29 is 25.2 Å². The van der Waals surface area contributed by atoms with Gasteiger partial charge >= 0.3 is 0 Å². The minimum absolute atomic E-state index is 0.359. The summed E-state index contributed by atoms with van der Waals surface area (Å²) in [5.41, 5.74) is 0. The van der Waals surface area contributed by atoms with Crippen LogP contribution in [-0.2, 0) is 4.79 Å². The number of amides is 1. The molecule has 0 aromatic heterocycles. The van der Waals surface area contributed by atoms with E-state index < -0.39 is 36.9 Å². The summed E-state index contributed by atoms with van der Waals surface area (Å²) in [6.45, 7) is 4.05. The lowest BCUT2D eigenvalue weighted by Crippen LogP contribution is -2.53. The first-order chi connectivity index (χ1) is 27.0. The fourth-order valence-corrected chi connectivity index (χ4v) is 7.52. The van der Waals surface area contributed by atoms with Crippen LogP contribution in [0.3, 0.4) is 0 Å². The maximum Gasteiger partial charge on any atom is 0.249 e. The summed E-state index contributed by atoms with van der Waals surface area (Å²) in [6.07, 6.45) is 50.8. The SMILES string of the molecule is CCCCCCCCCCCCC/C=C/CCCC(O)C(O)C(CO)NC(=O)C(O)CCCCCCCCC/C=C\CCCCCCCCCCCCCC. The molecule has 0 saturated carbocycles. The number of carbonyl (C=O) groups excluding carboxylic acids is 1. The predicted molar refractivity (Wildman–Crippen MR) is 237 cm³/mol. The Kier molecular flexibility index (Phi) is 42.9. The Morgan fingerprint density at radius 3 is 1.09 bits per heavy atom. The quantitative estimate of drug-likeness (QED) is 0.0313. The molecular weight excluding hydrogens is 683 g/mol. The summed E-state index contributed by atoms with van der Waals surface area (Å²) in [7, 11) is 0. The Labute approximate surface area is 342 Å². The molecule has 6 heteroatoms. The molecule has 0 aromatic rings. The van der Waals surface area contributed by atoms with E-state index in [1.165, 1.54) is 186 Å². The van der Waals surface area contributed by atoms with Crippen LogP contribution in [-0.4, -0.2) is 57.3 Å². The summed E-state index contributed by atoms with van der Waals surface area (Å²) < 4.78 is 0. The number of rotatable bonds is 44. The van der Waals surface area contributed by atoms with Crippen molar-refractivity contribution >= 4 is 5.91 Å². The average molecular weight is 778 g/mol. The minimum Gasteiger partial charge on any atom is -0.394 e. The normalized spacial score (nSPS) is 14.2. The second kappa shape index (κ2) is 43.9.